The number of esters is 1. The Kier molecular flexibility index (Phi) is 9.56. The Morgan fingerprint density at radius 2 is 1.79 bits per heavy atom. The van der Waals surface area contributed by atoms with Crippen LogP contribution < -0.4 is 4.74 Å². The quantitative estimate of drug-likeness (QED) is 0.243. The van der Waals surface area contributed by atoms with Gasteiger partial charge in [-0.1, -0.05) is 39.8 Å². The average molecular weight is 493 g/mol. The van der Waals surface area contributed by atoms with Crippen LogP contribution in [0, 0.1) is 5.92 Å². The summed E-state index contributed by atoms with van der Waals surface area (Å²) in [5.41, 5.74) is 0.277. The van der Waals surface area contributed by atoms with Crippen molar-refractivity contribution in [3.8, 4) is 5.75 Å². The lowest BCUT2D eigenvalue weighted by molar-refractivity contribution is -0.228. The largest absolute Gasteiger partial charge is 0.497 e. The topological polar surface area (TPSA) is 63.2 Å². The Labute approximate surface area is 207 Å². The summed E-state index contributed by atoms with van der Waals surface area (Å²) in [5, 5.41) is 0.0288. The van der Waals surface area contributed by atoms with Gasteiger partial charge in [0.2, 0.25) is 0 Å². The number of carbonyl (C=O) groups is 1. The van der Waals surface area contributed by atoms with Gasteiger partial charge in [-0.05, 0) is 62.7 Å². The fourth-order valence-corrected chi connectivity index (χ4v) is 5.57. The van der Waals surface area contributed by atoms with Gasteiger partial charge in [-0.25, -0.2) is 4.79 Å². The molecule has 0 saturated carbocycles. The maximum atomic E-state index is 12.1. The summed E-state index contributed by atoms with van der Waals surface area (Å²) in [6, 6.07) is 7.88. The molecular weight excluding hydrogens is 448 g/mol. The molecule has 1 aromatic rings. The number of ether oxygens (including phenoxy) is 4. The minimum absolute atomic E-state index is 0.0288. The molecule has 0 unspecified atom stereocenters. The van der Waals surface area contributed by atoms with Crippen molar-refractivity contribution in [2.24, 2.45) is 5.92 Å². The van der Waals surface area contributed by atoms with Gasteiger partial charge in [-0.15, -0.1) is 0 Å². The van der Waals surface area contributed by atoms with Gasteiger partial charge in [0.1, 0.15) is 11.4 Å². The average Bonchev–Trinajstić information content (AvgIpc) is 2.75. The van der Waals surface area contributed by atoms with Crippen molar-refractivity contribution < 1.29 is 28.2 Å². The molecule has 1 aliphatic rings. The maximum absolute atomic E-state index is 12.1. The number of hydrogen-bond acceptors (Lipinski definition) is 6. The summed E-state index contributed by atoms with van der Waals surface area (Å²) >= 11 is 0. The number of carbonyl (C=O) groups excluding carboxylic acids is 1. The normalized spacial score (nSPS) is 28.2. The maximum Gasteiger partial charge on any atom is 0.330 e. The van der Waals surface area contributed by atoms with E-state index in [0.29, 0.717) is 13.2 Å². The summed E-state index contributed by atoms with van der Waals surface area (Å²) in [6.45, 7) is 19.9. The third kappa shape index (κ3) is 6.94. The third-order valence-corrected chi connectivity index (χ3v) is 11.6. The Balaban J connectivity index is 2.30. The van der Waals surface area contributed by atoms with E-state index in [9.17, 15) is 4.79 Å². The van der Waals surface area contributed by atoms with E-state index in [4.69, 9.17) is 23.4 Å². The number of rotatable bonds is 9. The first-order valence-corrected chi connectivity index (χ1v) is 15.1. The second kappa shape index (κ2) is 11.4. The fraction of sp³-hybridized carbons (Fsp3) is 0.667. The third-order valence-electron chi connectivity index (χ3n) is 7.13. The van der Waals surface area contributed by atoms with Crippen molar-refractivity contribution in [1.82, 2.24) is 0 Å². The van der Waals surface area contributed by atoms with Crippen molar-refractivity contribution in [3.05, 3.63) is 42.0 Å². The molecule has 2 rings (SSSR count). The lowest BCUT2D eigenvalue weighted by Crippen LogP contribution is -2.62. The highest BCUT2D eigenvalue weighted by atomic mass is 28.4. The second-order valence-electron chi connectivity index (χ2n) is 10.9. The number of benzene rings is 1. The number of methoxy groups -OCH3 is 1. The van der Waals surface area contributed by atoms with Crippen LogP contribution in [0.3, 0.4) is 0 Å². The molecule has 0 bridgehead atoms. The highest BCUT2D eigenvalue weighted by Gasteiger charge is 2.52. The Bertz CT molecular complexity index is 829. The molecule has 34 heavy (non-hydrogen) atoms. The van der Waals surface area contributed by atoms with Gasteiger partial charge in [-0.2, -0.15) is 0 Å². The second-order valence-corrected chi connectivity index (χ2v) is 15.6. The van der Waals surface area contributed by atoms with Crippen LogP contribution in [0.15, 0.2) is 36.4 Å². The molecule has 1 heterocycles. The van der Waals surface area contributed by atoms with E-state index in [0.717, 1.165) is 11.3 Å². The molecule has 5 atom stereocenters. The first-order valence-electron chi connectivity index (χ1n) is 12.2. The smallest absolute Gasteiger partial charge is 0.330 e. The van der Waals surface area contributed by atoms with Crippen molar-refractivity contribution >= 4 is 14.3 Å². The first kappa shape index (κ1) is 28.6. The Morgan fingerprint density at radius 3 is 2.32 bits per heavy atom. The van der Waals surface area contributed by atoms with Gasteiger partial charge in [0, 0.05) is 12.0 Å². The predicted molar refractivity (Wildman–Crippen MR) is 138 cm³/mol. The Hall–Kier alpha value is -1.67. The van der Waals surface area contributed by atoms with Gasteiger partial charge in [0.25, 0.3) is 0 Å². The molecule has 192 valence electrons. The first-order chi connectivity index (χ1) is 15.7. The molecule has 0 radical (unpaired) electrons. The molecule has 0 aromatic heterocycles. The standard InChI is InChI=1S/C27H44O6Si/c1-11-30-23(28)16-17-27(7)25(33-34(9,10)26(4,5)6)19(2)24(20(3)32-27)31-18-21-12-14-22(29-8)15-13-21/h12-17,19-20,24-25H,11,18H2,1-10H3/b17-16+/t19-,20+,24-,25+,27-/m0/s1. The summed E-state index contributed by atoms with van der Waals surface area (Å²) in [5.74, 6) is 0.475. The minimum atomic E-state index is -2.14. The van der Waals surface area contributed by atoms with Gasteiger partial charge < -0.3 is 23.4 Å². The van der Waals surface area contributed by atoms with Crippen molar-refractivity contribution in [1.29, 1.82) is 0 Å². The minimum Gasteiger partial charge on any atom is -0.497 e. The number of hydrogen-bond donors (Lipinski definition) is 0. The van der Waals surface area contributed by atoms with E-state index < -0.39 is 13.9 Å². The van der Waals surface area contributed by atoms with Gasteiger partial charge in [-0.3, -0.25) is 0 Å². The summed E-state index contributed by atoms with van der Waals surface area (Å²) in [6.07, 6.45) is 2.63. The van der Waals surface area contributed by atoms with Crippen LogP contribution in [0.25, 0.3) is 0 Å². The lowest BCUT2D eigenvalue weighted by Gasteiger charge is -2.53. The van der Waals surface area contributed by atoms with Crippen LogP contribution in [0.5, 0.6) is 5.75 Å². The molecule has 1 fully saturated rings. The van der Waals surface area contributed by atoms with Crippen molar-refractivity contribution in [2.75, 3.05) is 13.7 Å². The van der Waals surface area contributed by atoms with Crippen LogP contribution in [-0.2, 0) is 30.0 Å². The highest BCUT2D eigenvalue weighted by Crippen LogP contribution is 2.44. The molecule has 0 aliphatic carbocycles. The monoisotopic (exact) mass is 492 g/mol. The van der Waals surface area contributed by atoms with Crippen molar-refractivity contribution in [2.45, 2.75) is 97.1 Å². The van der Waals surface area contributed by atoms with Gasteiger partial charge >= 0.3 is 5.97 Å². The Morgan fingerprint density at radius 1 is 1.18 bits per heavy atom. The molecule has 0 amide bonds. The van der Waals surface area contributed by atoms with Gasteiger partial charge in [0.15, 0.2) is 8.32 Å². The zero-order valence-electron chi connectivity index (χ0n) is 22.6. The SMILES string of the molecule is CCOC(=O)/C=C/[C@]1(C)O[C@H](C)[C@@H](OCc2ccc(OC)cc2)[C@H](C)[C@H]1O[Si](C)(C)C(C)(C)C. The van der Waals surface area contributed by atoms with E-state index in [-0.39, 0.29) is 35.2 Å². The van der Waals surface area contributed by atoms with E-state index in [1.807, 2.05) is 38.1 Å². The van der Waals surface area contributed by atoms with Crippen molar-refractivity contribution in [3.63, 3.8) is 0 Å². The predicted octanol–water partition coefficient (Wildman–Crippen LogP) is 5.90. The molecule has 7 heteroatoms. The van der Waals surface area contributed by atoms with E-state index >= 15 is 0 Å². The summed E-state index contributed by atoms with van der Waals surface area (Å²) < 4.78 is 30.2. The zero-order valence-corrected chi connectivity index (χ0v) is 23.6. The summed E-state index contributed by atoms with van der Waals surface area (Å²) in [4.78, 5) is 12.1. The van der Waals surface area contributed by atoms with E-state index in [1.54, 1.807) is 20.1 Å². The zero-order chi connectivity index (χ0) is 25.7. The van der Waals surface area contributed by atoms with Crippen LogP contribution in [0.1, 0.15) is 54.0 Å². The molecule has 0 N–H and O–H groups in total. The summed E-state index contributed by atoms with van der Waals surface area (Å²) in [7, 11) is -0.486. The molecule has 1 aliphatic heterocycles. The molecule has 0 spiro atoms. The molecule has 1 aromatic carbocycles. The lowest BCUT2D eigenvalue weighted by atomic mass is 9.80. The van der Waals surface area contributed by atoms with Gasteiger partial charge in [0.05, 0.1) is 38.6 Å². The fourth-order valence-electron chi connectivity index (χ4n) is 4.13. The molecule has 6 nitrogen and oxygen atoms in total. The van der Waals surface area contributed by atoms with E-state index in [2.05, 4.69) is 40.8 Å². The van der Waals surface area contributed by atoms with E-state index in [1.165, 1.54) is 6.08 Å². The molecule has 1 saturated heterocycles. The van der Waals surface area contributed by atoms with Crippen LogP contribution in [0.4, 0.5) is 0 Å². The van der Waals surface area contributed by atoms with Crippen LogP contribution in [0.2, 0.25) is 18.1 Å². The highest BCUT2D eigenvalue weighted by molar-refractivity contribution is 6.74. The molecular formula is C27H44O6Si. The van der Waals surface area contributed by atoms with Crippen LogP contribution in [-0.4, -0.2) is 51.9 Å². The van der Waals surface area contributed by atoms with Crippen LogP contribution >= 0.6 is 0 Å².